The van der Waals surface area contributed by atoms with Crippen LogP contribution in [0.5, 0.6) is 0 Å². The monoisotopic (exact) mass is 304 g/mol. The first-order valence-electron chi connectivity index (χ1n) is 7.79. The van der Waals surface area contributed by atoms with E-state index >= 15 is 0 Å². The van der Waals surface area contributed by atoms with Gasteiger partial charge in [-0.3, -0.25) is 4.79 Å². The fourth-order valence-electron chi connectivity index (χ4n) is 2.68. The Morgan fingerprint density at radius 2 is 1.77 bits per heavy atom. The molecule has 0 bridgehead atoms. The smallest absolute Gasteiger partial charge is 0.319 e. The molecule has 120 valence electrons. The highest BCUT2D eigenvalue weighted by molar-refractivity contribution is 5.98. The third kappa shape index (κ3) is 4.21. The number of urea groups is 1. The van der Waals surface area contributed by atoms with E-state index in [1.165, 1.54) is 0 Å². The van der Waals surface area contributed by atoms with Gasteiger partial charge in [-0.05, 0) is 38.0 Å². The summed E-state index contributed by atoms with van der Waals surface area (Å²) in [6.45, 7) is 2.40. The van der Waals surface area contributed by atoms with Gasteiger partial charge in [-0.25, -0.2) is 4.79 Å². The third-order valence-corrected chi connectivity index (χ3v) is 3.91. The predicted octanol–water partition coefficient (Wildman–Crippen LogP) is 2.43. The highest BCUT2D eigenvalue weighted by Crippen LogP contribution is 2.27. The molecule has 0 aliphatic heterocycles. The van der Waals surface area contributed by atoms with Gasteiger partial charge >= 0.3 is 6.03 Å². The Hall–Kier alpha value is -2.08. The molecule has 0 aromatic heterocycles. The molecule has 2 rings (SSSR count). The first kappa shape index (κ1) is 16.3. The molecule has 1 aromatic rings. The minimum absolute atomic E-state index is 0.151. The van der Waals surface area contributed by atoms with Crippen molar-refractivity contribution in [1.29, 1.82) is 0 Å². The van der Waals surface area contributed by atoms with Crippen LogP contribution in [0.1, 0.15) is 39.0 Å². The Balaban J connectivity index is 2.00. The maximum atomic E-state index is 12.4. The van der Waals surface area contributed by atoms with Crippen molar-refractivity contribution in [3.63, 3.8) is 0 Å². The van der Waals surface area contributed by atoms with Crippen molar-refractivity contribution in [2.75, 3.05) is 17.2 Å². The van der Waals surface area contributed by atoms with Crippen LogP contribution in [0.3, 0.4) is 0 Å². The van der Waals surface area contributed by atoms with Crippen LogP contribution in [-0.4, -0.2) is 24.0 Å². The Morgan fingerprint density at radius 1 is 1.14 bits per heavy atom. The fourth-order valence-corrected chi connectivity index (χ4v) is 2.68. The van der Waals surface area contributed by atoms with E-state index in [-0.39, 0.29) is 11.9 Å². The van der Waals surface area contributed by atoms with Gasteiger partial charge in [0.1, 0.15) is 0 Å². The van der Waals surface area contributed by atoms with Crippen LogP contribution in [0.4, 0.5) is 16.2 Å². The molecule has 22 heavy (non-hydrogen) atoms. The van der Waals surface area contributed by atoms with Gasteiger partial charge in [-0.15, -0.1) is 0 Å². The van der Waals surface area contributed by atoms with Gasteiger partial charge in [0.2, 0.25) is 5.91 Å². The molecule has 5 N–H and O–H groups in total. The van der Waals surface area contributed by atoms with E-state index in [2.05, 4.69) is 16.0 Å². The number of hydrogen-bond donors (Lipinski definition) is 4. The van der Waals surface area contributed by atoms with Crippen molar-refractivity contribution >= 4 is 23.3 Å². The lowest BCUT2D eigenvalue weighted by atomic mass is 9.82. The minimum Gasteiger partial charge on any atom is -0.338 e. The summed E-state index contributed by atoms with van der Waals surface area (Å²) in [5, 5.41) is 8.23. The molecule has 0 atom stereocenters. The van der Waals surface area contributed by atoms with Crippen LogP contribution in [-0.2, 0) is 4.79 Å². The van der Waals surface area contributed by atoms with Gasteiger partial charge < -0.3 is 21.7 Å². The summed E-state index contributed by atoms with van der Waals surface area (Å²) in [5.41, 5.74) is 6.70. The predicted molar refractivity (Wildman–Crippen MR) is 87.8 cm³/mol. The standard InChI is InChI=1S/C16H24N4O2/c1-2-18-15(22)20-13-8-6-7-12(11-13)19-14(21)16(17)9-4-3-5-10-16/h6-8,11H,2-5,9-10,17H2,1H3,(H,19,21)(H2,18,20,22). The topological polar surface area (TPSA) is 96.2 Å². The lowest BCUT2D eigenvalue weighted by Crippen LogP contribution is -2.52. The lowest BCUT2D eigenvalue weighted by molar-refractivity contribution is -0.122. The van der Waals surface area contributed by atoms with Gasteiger partial charge in [0, 0.05) is 17.9 Å². The van der Waals surface area contributed by atoms with E-state index < -0.39 is 5.54 Å². The normalized spacial score (nSPS) is 16.6. The summed E-state index contributed by atoms with van der Waals surface area (Å²) in [6, 6.07) is 6.78. The summed E-state index contributed by atoms with van der Waals surface area (Å²) in [5.74, 6) is -0.151. The molecule has 0 unspecified atom stereocenters. The number of benzene rings is 1. The van der Waals surface area contributed by atoms with E-state index in [9.17, 15) is 9.59 Å². The second kappa shape index (κ2) is 7.26. The average Bonchev–Trinajstić information content (AvgIpc) is 2.48. The van der Waals surface area contributed by atoms with Crippen LogP contribution in [0.25, 0.3) is 0 Å². The van der Waals surface area contributed by atoms with E-state index in [0.717, 1.165) is 32.1 Å². The average molecular weight is 304 g/mol. The van der Waals surface area contributed by atoms with Crippen molar-refractivity contribution in [2.45, 2.75) is 44.6 Å². The first-order chi connectivity index (χ1) is 10.5. The van der Waals surface area contributed by atoms with E-state index in [4.69, 9.17) is 5.73 Å². The number of nitrogens with one attached hydrogen (secondary N) is 3. The number of amides is 3. The van der Waals surface area contributed by atoms with Gasteiger partial charge in [0.05, 0.1) is 5.54 Å². The van der Waals surface area contributed by atoms with Crippen molar-refractivity contribution in [3.8, 4) is 0 Å². The molecule has 1 aliphatic carbocycles. The summed E-state index contributed by atoms with van der Waals surface area (Å²) < 4.78 is 0. The Labute approximate surface area is 130 Å². The molecule has 0 heterocycles. The molecule has 1 saturated carbocycles. The van der Waals surface area contributed by atoms with Crippen molar-refractivity contribution < 1.29 is 9.59 Å². The van der Waals surface area contributed by atoms with Crippen LogP contribution in [0, 0.1) is 0 Å². The van der Waals surface area contributed by atoms with E-state index in [0.29, 0.717) is 17.9 Å². The van der Waals surface area contributed by atoms with Gasteiger partial charge in [-0.1, -0.05) is 25.3 Å². The van der Waals surface area contributed by atoms with Gasteiger partial charge in [0.25, 0.3) is 0 Å². The third-order valence-electron chi connectivity index (χ3n) is 3.91. The Morgan fingerprint density at radius 3 is 2.41 bits per heavy atom. The number of hydrogen-bond acceptors (Lipinski definition) is 3. The molecule has 6 heteroatoms. The van der Waals surface area contributed by atoms with Crippen LogP contribution in [0.15, 0.2) is 24.3 Å². The summed E-state index contributed by atoms with van der Waals surface area (Å²) >= 11 is 0. The molecule has 0 radical (unpaired) electrons. The second-order valence-electron chi connectivity index (χ2n) is 5.74. The van der Waals surface area contributed by atoms with Crippen molar-refractivity contribution in [3.05, 3.63) is 24.3 Å². The largest absolute Gasteiger partial charge is 0.338 e. The number of carbonyl (C=O) groups is 2. The molecule has 1 fully saturated rings. The molecule has 0 saturated heterocycles. The second-order valence-corrected chi connectivity index (χ2v) is 5.74. The maximum absolute atomic E-state index is 12.4. The summed E-state index contributed by atoms with van der Waals surface area (Å²) in [6.07, 6.45) is 4.55. The first-order valence-corrected chi connectivity index (χ1v) is 7.79. The zero-order chi connectivity index (χ0) is 16.0. The van der Waals surface area contributed by atoms with Crippen LogP contribution >= 0.6 is 0 Å². The SMILES string of the molecule is CCNC(=O)Nc1cccc(NC(=O)C2(N)CCCCC2)c1. The summed E-state index contributed by atoms with van der Waals surface area (Å²) in [4.78, 5) is 23.9. The fraction of sp³-hybridized carbons (Fsp3) is 0.500. The molecule has 3 amide bonds. The maximum Gasteiger partial charge on any atom is 0.319 e. The molecular weight excluding hydrogens is 280 g/mol. The molecule has 1 aliphatic rings. The zero-order valence-electron chi connectivity index (χ0n) is 12.9. The highest BCUT2D eigenvalue weighted by Gasteiger charge is 2.35. The van der Waals surface area contributed by atoms with Crippen LogP contribution in [0.2, 0.25) is 0 Å². The zero-order valence-corrected chi connectivity index (χ0v) is 12.9. The Kier molecular flexibility index (Phi) is 5.38. The number of nitrogens with two attached hydrogens (primary N) is 1. The minimum atomic E-state index is -0.777. The molecule has 0 spiro atoms. The Bertz CT molecular complexity index is 539. The number of anilines is 2. The van der Waals surface area contributed by atoms with Crippen LogP contribution < -0.4 is 21.7 Å². The summed E-state index contributed by atoms with van der Waals surface area (Å²) in [7, 11) is 0. The van der Waals surface area contributed by atoms with Crippen molar-refractivity contribution in [1.82, 2.24) is 5.32 Å². The molecule has 6 nitrogen and oxygen atoms in total. The van der Waals surface area contributed by atoms with Gasteiger partial charge in [0.15, 0.2) is 0 Å². The van der Waals surface area contributed by atoms with E-state index in [1.54, 1.807) is 24.3 Å². The lowest BCUT2D eigenvalue weighted by Gasteiger charge is -2.31. The number of rotatable bonds is 4. The van der Waals surface area contributed by atoms with Gasteiger partial charge in [-0.2, -0.15) is 0 Å². The molecule has 1 aromatic carbocycles. The highest BCUT2D eigenvalue weighted by atomic mass is 16.2. The number of carbonyl (C=O) groups excluding carboxylic acids is 2. The van der Waals surface area contributed by atoms with Crippen molar-refractivity contribution in [2.24, 2.45) is 5.73 Å². The molecular formula is C16H24N4O2. The van der Waals surface area contributed by atoms with E-state index in [1.807, 2.05) is 6.92 Å². The quantitative estimate of drug-likeness (QED) is 0.688.